The summed E-state index contributed by atoms with van der Waals surface area (Å²) in [7, 11) is -3.34. The van der Waals surface area contributed by atoms with Gasteiger partial charge in [-0.1, -0.05) is 12.8 Å². The van der Waals surface area contributed by atoms with E-state index in [0.29, 0.717) is 19.6 Å². The first-order chi connectivity index (χ1) is 9.62. The van der Waals surface area contributed by atoms with E-state index in [1.54, 1.807) is 4.31 Å². The minimum Gasteiger partial charge on any atom is -0.290 e. The second-order valence-electron chi connectivity index (χ2n) is 5.64. The van der Waals surface area contributed by atoms with Crippen LogP contribution in [-0.2, 0) is 10.2 Å². The molecule has 7 heteroatoms. The van der Waals surface area contributed by atoms with Crippen LogP contribution in [0.15, 0.2) is 0 Å². The summed E-state index contributed by atoms with van der Waals surface area (Å²) in [5, 5.41) is 8.66. The van der Waals surface area contributed by atoms with Crippen molar-refractivity contribution >= 4 is 10.2 Å². The Balaban J connectivity index is 1.84. The first-order valence-electron chi connectivity index (χ1n) is 7.48. The van der Waals surface area contributed by atoms with Crippen molar-refractivity contribution in [1.82, 2.24) is 13.9 Å². The van der Waals surface area contributed by atoms with Crippen LogP contribution in [-0.4, -0.2) is 56.4 Å². The Morgan fingerprint density at radius 3 is 2.20 bits per heavy atom. The molecule has 0 amide bonds. The maximum Gasteiger partial charge on any atom is 0.279 e. The zero-order valence-electron chi connectivity index (χ0n) is 11.9. The summed E-state index contributed by atoms with van der Waals surface area (Å²) in [5.41, 5.74) is 0. The molecule has 2 aliphatic rings. The average molecular weight is 300 g/mol. The molecule has 0 saturated carbocycles. The van der Waals surface area contributed by atoms with Crippen molar-refractivity contribution in [2.75, 3.05) is 32.7 Å². The van der Waals surface area contributed by atoms with Gasteiger partial charge in [0.25, 0.3) is 10.2 Å². The van der Waals surface area contributed by atoms with Gasteiger partial charge in [0.05, 0.1) is 12.6 Å². The van der Waals surface area contributed by atoms with E-state index in [2.05, 4.69) is 15.7 Å². The Morgan fingerprint density at radius 2 is 1.65 bits per heavy atom. The molecule has 0 aromatic carbocycles. The van der Waals surface area contributed by atoms with Crippen molar-refractivity contribution in [3.63, 3.8) is 0 Å². The molecule has 114 valence electrons. The van der Waals surface area contributed by atoms with Crippen molar-refractivity contribution in [3.8, 4) is 6.07 Å². The van der Waals surface area contributed by atoms with Gasteiger partial charge in [-0.15, -0.1) is 0 Å². The molecule has 2 saturated heterocycles. The molecule has 2 rings (SSSR count). The van der Waals surface area contributed by atoms with Crippen LogP contribution < -0.4 is 4.72 Å². The molecule has 0 bridgehead atoms. The smallest absolute Gasteiger partial charge is 0.279 e. The average Bonchev–Trinajstić information content (AvgIpc) is 2.70. The maximum absolute atomic E-state index is 12.4. The molecule has 0 aromatic rings. The molecule has 0 radical (unpaired) electrons. The molecule has 1 N–H and O–H groups in total. The fraction of sp³-hybridized carbons (Fsp3) is 0.923. The molecule has 0 spiro atoms. The molecule has 0 aromatic heterocycles. The van der Waals surface area contributed by atoms with Crippen LogP contribution in [0.3, 0.4) is 0 Å². The van der Waals surface area contributed by atoms with Crippen LogP contribution in [0.4, 0.5) is 0 Å². The highest BCUT2D eigenvalue weighted by Crippen LogP contribution is 2.15. The van der Waals surface area contributed by atoms with E-state index >= 15 is 0 Å². The summed E-state index contributed by atoms with van der Waals surface area (Å²) in [4.78, 5) is 2.07. The topological polar surface area (TPSA) is 76.4 Å². The van der Waals surface area contributed by atoms with Crippen molar-refractivity contribution < 1.29 is 8.42 Å². The van der Waals surface area contributed by atoms with Crippen LogP contribution in [0.1, 0.15) is 38.5 Å². The number of hydrogen-bond acceptors (Lipinski definition) is 4. The number of piperidine rings is 1. The van der Waals surface area contributed by atoms with E-state index in [1.807, 2.05) is 0 Å². The van der Waals surface area contributed by atoms with Crippen LogP contribution in [0, 0.1) is 11.3 Å². The lowest BCUT2D eigenvalue weighted by molar-refractivity contribution is 0.227. The van der Waals surface area contributed by atoms with Gasteiger partial charge in [0.15, 0.2) is 0 Å². The summed E-state index contributed by atoms with van der Waals surface area (Å²) in [6.45, 7) is 3.30. The zero-order chi connectivity index (χ0) is 14.4. The lowest BCUT2D eigenvalue weighted by Crippen LogP contribution is -2.49. The van der Waals surface area contributed by atoms with Crippen molar-refractivity contribution in [2.24, 2.45) is 0 Å². The first-order valence-corrected chi connectivity index (χ1v) is 8.92. The lowest BCUT2D eigenvalue weighted by Gasteiger charge is -2.32. The largest absolute Gasteiger partial charge is 0.290 e. The van der Waals surface area contributed by atoms with Gasteiger partial charge in [0.2, 0.25) is 0 Å². The molecule has 0 aliphatic carbocycles. The summed E-state index contributed by atoms with van der Waals surface area (Å²) in [6.07, 6.45) is 5.74. The van der Waals surface area contributed by atoms with E-state index in [4.69, 9.17) is 5.26 Å². The number of rotatable bonds is 4. The predicted octanol–water partition coefficient (Wildman–Crippen LogP) is 0.685. The molecule has 2 heterocycles. The van der Waals surface area contributed by atoms with Gasteiger partial charge in [-0.25, -0.2) is 0 Å². The highest BCUT2D eigenvalue weighted by molar-refractivity contribution is 7.87. The standard InChI is InChI=1S/C13H24N4O2S/c14-7-12-16-10-5-13(6-11-16)15-20(18,19)17-8-3-1-2-4-9-17/h13,15H,1-6,8-12H2. The third-order valence-electron chi connectivity index (χ3n) is 4.10. The summed E-state index contributed by atoms with van der Waals surface area (Å²) in [5.74, 6) is 0. The van der Waals surface area contributed by atoms with E-state index < -0.39 is 10.2 Å². The Morgan fingerprint density at radius 1 is 1.05 bits per heavy atom. The van der Waals surface area contributed by atoms with Crippen LogP contribution in [0.5, 0.6) is 0 Å². The van der Waals surface area contributed by atoms with E-state index in [1.165, 1.54) is 0 Å². The highest BCUT2D eigenvalue weighted by Gasteiger charge is 2.28. The predicted molar refractivity (Wildman–Crippen MR) is 77.2 cm³/mol. The number of likely N-dealkylation sites (tertiary alicyclic amines) is 1. The molecule has 2 aliphatic heterocycles. The second kappa shape index (κ2) is 7.36. The number of nitrogens with one attached hydrogen (secondary N) is 1. The molecule has 0 atom stereocenters. The van der Waals surface area contributed by atoms with Gasteiger partial charge >= 0.3 is 0 Å². The van der Waals surface area contributed by atoms with Gasteiger partial charge in [-0.05, 0) is 25.7 Å². The Hall–Kier alpha value is -0.680. The lowest BCUT2D eigenvalue weighted by atomic mass is 10.1. The van der Waals surface area contributed by atoms with Crippen molar-refractivity contribution in [1.29, 1.82) is 5.26 Å². The molecular formula is C13H24N4O2S. The third kappa shape index (κ3) is 4.42. The van der Waals surface area contributed by atoms with Gasteiger partial charge in [0.1, 0.15) is 0 Å². The SMILES string of the molecule is N#CCN1CCC(NS(=O)(=O)N2CCCCCC2)CC1. The fourth-order valence-corrected chi connectivity index (χ4v) is 4.42. The maximum atomic E-state index is 12.4. The van der Waals surface area contributed by atoms with Gasteiger partial charge < -0.3 is 0 Å². The normalized spacial score (nSPS) is 24.1. The zero-order valence-corrected chi connectivity index (χ0v) is 12.7. The monoisotopic (exact) mass is 300 g/mol. The molecule has 2 fully saturated rings. The summed E-state index contributed by atoms with van der Waals surface area (Å²) in [6, 6.07) is 2.15. The van der Waals surface area contributed by atoms with Crippen LogP contribution >= 0.6 is 0 Å². The first kappa shape index (κ1) is 15.7. The molecule has 20 heavy (non-hydrogen) atoms. The number of nitriles is 1. The minimum atomic E-state index is -3.34. The quantitative estimate of drug-likeness (QED) is 0.775. The van der Waals surface area contributed by atoms with Gasteiger partial charge in [-0.3, -0.25) is 4.90 Å². The van der Waals surface area contributed by atoms with E-state index in [0.717, 1.165) is 51.6 Å². The second-order valence-corrected chi connectivity index (χ2v) is 7.35. The van der Waals surface area contributed by atoms with Gasteiger partial charge in [0, 0.05) is 32.2 Å². The van der Waals surface area contributed by atoms with Crippen LogP contribution in [0.25, 0.3) is 0 Å². The summed E-state index contributed by atoms with van der Waals surface area (Å²) >= 11 is 0. The summed E-state index contributed by atoms with van der Waals surface area (Å²) < 4.78 is 29.2. The third-order valence-corrected chi connectivity index (χ3v) is 5.78. The van der Waals surface area contributed by atoms with Crippen molar-refractivity contribution in [3.05, 3.63) is 0 Å². The van der Waals surface area contributed by atoms with E-state index in [-0.39, 0.29) is 6.04 Å². The highest BCUT2D eigenvalue weighted by atomic mass is 32.2. The fourth-order valence-electron chi connectivity index (χ4n) is 2.88. The van der Waals surface area contributed by atoms with Crippen molar-refractivity contribution in [2.45, 2.75) is 44.6 Å². The Bertz CT molecular complexity index is 430. The number of nitrogens with zero attached hydrogens (tertiary/aromatic N) is 3. The molecule has 6 nitrogen and oxygen atoms in total. The Labute approximate surface area is 121 Å². The molecule has 0 unspecified atom stereocenters. The molecular weight excluding hydrogens is 276 g/mol. The van der Waals surface area contributed by atoms with Gasteiger partial charge in [-0.2, -0.15) is 22.7 Å². The minimum absolute atomic E-state index is 0.0122. The van der Waals surface area contributed by atoms with Crippen LogP contribution in [0.2, 0.25) is 0 Å². The van der Waals surface area contributed by atoms with E-state index in [9.17, 15) is 8.42 Å². The number of hydrogen-bond donors (Lipinski definition) is 1. The Kier molecular flexibility index (Phi) is 5.78.